The van der Waals surface area contributed by atoms with Crippen LogP contribution >= 0.6 is 0 Å². The summed E-state index contributed by atoms with van der Waals surface area (Å²) < 4.78 is 0. The molecule has 0 saturated heterocycles. The maximum atomic E-state index is 3.90. The Morgan fingerprint density at radius 2 is 2.08 bits per heavy atom. The lowest BCUT2D eigenvalue weighted by Gasteiger charge is -2.12. The Bertz CT molecular complexity index is 159. The summed E-state index contributed by atoms with van der Waals surface area (Å²) in [5.74, 6) is 3.70. The average molecular weight is 180 g/mol. The van der Waals surface area contributed by atoms with Crippen LogP contribution in [0.3, 0.4) is 0 Å². The molecule has 1 rings (SSSR count). The van der Waals surface area contributed by atoms with E-state index in [0.29, 0.717) is 0 Å². The molecule has 0 amide bonds. The Balaban J connectivity index is 2.27. The zero-order valence-corrected chi connectivity index (χ0v) is 9.42. The summed E-state index contributed by atoms with van der Waals surface area (Å²) in [6, 6.07) is 0. The maximum absolute atomic E-state index is 3.90. The summed E-state index contributed by atoms with van der Waals surface area (Å²) >= 11 is 0. The smallest absolute Gasteiger partial charge is 0.0176 e. The van der Waals surface area contributed by atoms with Gasteiger partial charge in [0.15, 0.2) is 0 Å². The number of allylic oxidation sites excluding steroid dienone is 1. The third-order valence-corrected chi connectivity index (χ3v) is 3.79. The van der Waals surface area contributed by atoms with E-state index < -0.39 is 0 Å². The molecule has 1 aliphatic rings. The second-order valence-corrected chi connectivity index (χ2v) is 4.63. The lowest BCUT2D eigenvalue weighted by Crippen LogP contribution is -2.00. The second-order valence-electron chi connectivity index (χ2n) is 4.63. The molecule has 0 aromatic heterocycles. The summed E-state index contributed by atoms with van der Waals surface area (Å²) in [6.07, 6.45) is 7.74. The summed E-state index contributed by atoms with van der Waals surface area (Å²) in [4.78, 5) is 0. The fourth-order valence-electron chi connectivity index (χ4n) is 2.62. The Hall–Kier alpha value is -0.260. The molecule has 1 fully saturated rings. The monoisotopic (exact) mass is 180 g/mol. The molecule has 76 valence electrons. The molecule has 0 spiro atoms. The standard InChI is InChI=1S/C13H24/c1-5-8-11(6-2)9-13-10(4)12(13)7-3/h7,10-13H,3,5-6,8-9H2,1-2,4H3. The Morgan fingerprint density at radius 3 is 2.46 bits per heavy atom. The zero-order chi connectivity index (χ0) is 9.84. The van der Waals surface area contributed by atoms with Crippen molar-refractivity contribution in [3.05, 3.63) is 12.7 Å². The van der Waals surface area contributed by atoms with Crippen molar-refractivity contribution in [2.45, 2.75) is 46.5 Å². The van der Waals surface area contributed by atoms with Crippen molar-refractivity contribution in [1.82, 2.24) is 0 Å². The first-order valence-electron chi connectivity index (χ1n) is 5.87. The van der Waals surface area contributed by atoms with Crippen molar-refractivity contribution in [1.29, 1.82) is 0 Å². The highest BCUT2D eigenvalue weighted by atomic mass is 14.5. The Labute approximate surface area is 83.4 Å². The molecule has 4 atom stereocenters. The molecule has 1 aliphatic carbocycles. The lowest BCUT2D eigenvalue weighted by molar-refractivity contribution is 0.397. The van der Waals surface area contributed by atoms with Gasteiger partial charge in [-0.25, -0.2) is 0 Å². The molecular weight excluding hydrogens is 156 g/mol. The van der Waals surface area contributed by atoms with Crippen molar-refractivity contribution >= 4 is 0 Å². The van der Waals surface area contributed by atoms with E-state index in [9.17, 15) is 0 Å². The minimum Gasteiger partial charge on any atom is -0.103 e. The van der Waals surface area contributed by atoms with Crippen molar-refractivity contribution < 1.29 is 0 Å². The molecule has 0 heterocycles. The minimum atomic E-state index is 0.839. The fraction of sp³-hybridized carbons (Fsp3) is 0.846. The van der Waals surface area contributed by atoms with Gasteiger partial charge in [0.2, 0.25) is 0 Å². The van der Waals surface area contributed by atoms with Gasteiger partial charge in [-0.1, -0.05) is 46.1 Å². The van der Waals surface area contributed by atoms with Crippen molar-refractivity contribution in [3.63, 3.8) is 0 Å². The van der Waals surface area contributed by atoms with Gasteiger partial charge in [-0.15, -0.1) is 6.58 Å². The molecular formula is C13H24. The van der Waals surface area contributed by atoms with E-state index in [-0.39, 0.29) is 0 Å². The quantitative estimate of drug-likeness (QED) is 0.535. The van der Waals surface area contributed by atoms with Gasteiger partial charge in [-0.3, -0.25) is 0 Å². The molecule has 13 heavy (non-hydrogen) atoms. The summed E-state index contributed by atoms with van der Waals surface area (Å²) in [7, 11) is 0. The molecule has 0 N–H and O–H groups in total. The second kappa shape index (κ2) is 4.83. The van der Waals surface area contributed by atoms with Crippen molar-refractivity contribution in [2.75, 3.05) is 0 Å². The fourth-order valence-corrected chi connectivity index (χ4v) is 2.62. The molecule has 4 unspecified atom stereocenters. The minimum absolute atomic E-state index is 0.839. The highest BCUT2D eigenvalue weighted by Crippen LogP contribution is 2.51. The molecule has 1 saturated carbocycles. The Kier molecular flexibility index (Phi) is 4.02. The van der Waals surface area contributed by atoms with Crippen LogP contribution in [0.1, 0.15) is 46.5 Å². The van der Waals surface area contributed by atoms with Crippen LogP contribution in [-0.2, 0) is 0 Å². The van der Waals surface area contributed by atoms with Crippen molar-refractivity contribution in [2.24, 2.45) is 23.7 Å². The SMILES string of the molecule is C=CC1C(C)C1CC(CC)CCC. The van der Waals surface area contributed by atoms with Gasteiger partial charge in [0, 0.05) is 0 Å². The van der Waals surface area contributed by atoms with Crippen LogP contribution in [0, 0.1) is 23.7 Å². The summed E-state index contributed by atoms with van der Waals surface area (Å²) in [5.41, 5.74) is 0. The van der Waals surface area contributed by atoms with Gasteiger partial charge in [0.05, 0.1) is 0 Å². The predicted molar refractivity (Wildman–Crippen MR) is 59.6 cm³/mol. The molecule has 0 nitrogen and oxygen atoms in total. The number of hydrogen-bond acceptors (Lipinski definition) is 0. The van der Waals surface area contributed by atoms with E-state index in [4.69, 9.17) is 0 Å². The molecule has 0 heteroatoms. The first-order valence-corrected chi connectivity index (χ1v) is 5.87. The Morgan fingerprint density at radius 1 is 1.38 bits per heavy atom. The van der Waals surface area contributed by atoms with Crippen LogP contribution in [0.5, 0.6) is 0 Å². The molecule has 0 aliphatic heterocycles. The van der Waals surface area contributed by atoms with Gasteiger partial charge in [-0.2, -0.15) is 0 Å². The van der Waals surface area contributed by atoms with Crippen LogP contribution in [0.4, 0.5) is 0 Å². The highest BCUT2D eigenvalue weighted by molar-refractivity contribution is 5.04. The maximum Gasteiger partial charge on any atom is -0.0176 e. The van der Waals surface area contributed by atoms with Gasteiger partial charge in [-0.05, 0) is 30.1 Å². The lowest BCUT2D eigenvalue weighted by atomic mass is 9.93. The van der Waals surface area contributed by atoms with Crippen LogP contribution in [0.25, 0.3) is 0 Å². The number of hydrogen-bond donors (Lipinski definition) is 0. The van der Waals surface area contributed by atoms with Gasteiger partial charge >= 0.3 is 0 Å². The van der Waals surface area contributed by atoms with Gasteiger partial charge in [0.25, 0.3) is 0 Å². The highest BCUT2D eigenvalue weighted by Gasteiger charge is 2.44. The normalized spacial score (nSPS) is 34.2. The van der Waals surface area contributed by atoms with Crippen LogP contribution in [0.2, 0.25) is 0 Å². The average Bonchev–Trinajstić information content (AvgIpc) is 2.75. The first-order chi connectivity index (χ1) is 6.24. The van der Waals surface area contributed by atoms with E-state index in [2.05, 4.69) is 33.4 Å². The zero-order valence-electron chi connectivity index (χ0n) is 9.42. The van der Waals surface area contributed by atoms with E-state index in [0.717, 1.165) is 23.7 Å². The van der Waals surface area contributed by atoms with E-state index in [1.807, 2.05) is 0 Å². The largest absolute Gasteiger partial charge is 0.103 e. The van der Waals surface area contributed by atoms with E-state index >= 15 is 0 Å². The third kappa shape index (κ3) is 2.59. The van der Waals surface area contributed by atoms with E-state index in [1.54, 1.807) is 0 Å². The van der Waals surface area contributed by atoms with Crippen molar-refractivity contribution in [3.8, 4) is 0 Å². The summed E-state index contributed by atoms with van der Waals surface area (Å²) in [5, 5.41) is 0. The molecule has 0 radical (unpaired) electrons. The van der Waals surface area contributed by atoms with Gasteiger partial charge < -0.3 is 0 Å². The molecule has 0 aromatic carbocycles. The van der Waals surface area contributed by atoms with Crippen LogP contribution in [0.15, 0.2) is 12.7 Å². The number of rotatable bonds is 6. The molecule has 0 bridgehead atoms. The third-order valence-electron chi connectivity index (χ3n) is 3.79. The summed E-state index contributed by atoms with van der Waals surface area (Å²) in [6.45, 7) is 10.9. The topological polar surface area (TPSA) is 0 Å². The predicted octanol–water partition coefficient (Wildman–Crippen LogP) is 4.27. The van der Waals surface area contributed by atoms with Crippen LogP contribution < -0.4 is 0 Å². The molecule has 0 aromatic rings. The first kappa shape index (κ1) is 10.8. The van der Waals surface area contributed by atoms with Crippen LogP contribution in [-0.4, -0.2) is 0 Å². The van der Waals surface area contributed by atoms with E-state index in [1.165, 1.54) is 25.7 Å². The van der Waals surface area contributed by atoms with Gasteiger partial charge in [0.1, 0.15) is 0 Å².